The quantitative estimate of drug-likeness (QED) is 0.651. The third kappa shape index (κ3) is 2.69. The number of hydrogen-bond acceptors (Lipinski definition) is 2. The van der Waals surface area contributed by atoms with Crippen LogP contribution in [-0.4, -0.2) is 18.4 Å². The molecular formula is C14H19F2N3. The molecule has 0 bridgehead atoms. The number of nitrogen functional groups attached to an aromatic ring is 1. The first-order valence-corrected chi connectivity index (χ1v) is 6.64. The molecule has 1 aliphatic carbocycles. The lowest BCUT2D eigenvalue weighted by molar-refractivity contribution is 0.541. The molecule has 2 rings (SSSR count). The predicted octanol–water partition coefficient (Wildman–Crippen LogP) is 3.02. The van der Waals surface area contributed by atoms with E-state index in [1.807, 2.05) is 6.92 Å². The summed E-state index contributed by atoms with van der Waals surface area (Å²) in [5.41, 5.74) is 5.37. The van der Waals surface area contributed by atoms with E-state index in [0.717, 1.165) is 37.8 Å². The molecule has 0 radical (unpaired) electrons. The smallest absolute Gasteiger partial charge is 0.150 e. The van der Waals surface area contributed by atoms with Crippen LogP contribution >= 0.6 is 0 Å². The van der Waals surface area contributed by atoms with Crippen LogP contribution in [0.4, 0.5) is 14.5 Å². The molecule has 5 heteroatoms. The molecule has 0 heterocycles. The Hall–Kier alpha value is -1.65. The molecule has 19 heavy (non-hydrogen) atoms. The molecule has 0 saturated heterocycles. The third-order valence-corrected chi connectivity index (χ3v) is 3.72. The second-order valence-electron chi connectivity index (χ2n) is 4.93. The molecule has 1 saturated carbocycles. The third-order valence-electron chi connectivity index (χ3n) is 3.72. The molecule has 0 spiro atoms. The van der Waals surface area contributed by atoms with E-state index in [-0.39, 0.29) is 23.1 Å². The van der Waals surface area contributed by atoms with Crippen molar-refractivity contribution in [2.75, 3.05) is 11.4 Å². The Balaban J connectivity index is 2.39. The fourth-order valence-corrected chi connectivity index (χ4v) is 2.81. The summed E-state index contributed by atoms with van der Waals surface area (Å²) in [7, 11) is 0. The SMILES string of the molecule is CCN(c1c(F)cc(C(=N)N)cc1F)C1CCCC1. The standard InChI is InChI=1S/C14H19F2N3/c1-2-19(10-5-3-4-6-10)13-11(15)7-9(14(17)18)8-12(13)16/h7-8,10H,2-6H2,1H3,(H3,17,18). The van der Waals surface area contributed by atoms with Crippen molar-refractivity contribution in [3.05, 3.63) is 29.3 Å². The van der Waals surface area contributed by atoms with E-state index in [1.165, 1.54) is 0 Å². The Labute approximate surface area is 111 Å². The van der Waals surface area contributed by atoms with E-state index < -0.39 is 11.6 Å². The lowest BCUT2D eigenvalue weighted by Crippen LogP contribution is -2.34. The molecule has 3 nitrogen and oxygen atoms in total. The van der Waals surface area contributed by atoms with E-state index in [2.05, 4.69) is 0 Å². The molecule has 1 fully saturated rings. The summed E-state index contributed by atoms with van der Waals surface area (Å²) in [5.74, 6) is -1.61. The normalized spacial score (nSPS) is 15.7. The second-order valence-corrected chi connectivity index (χ2v) is 4.93. The van der Waals surface area contributed by atoms with Crippen molar-refractivity contribution < 1.29 is 8.78 Å². The van der Waals surface area contributed by atoms with E-state index in [4.69, 9.17) is 11.1 Å². The Kier molecular flexibility index (Phi) is 4.02. The number of nitrogens with one attached hydrogen (secondary N) is 1. The highest BCUT2D eigenvalue weighted by molar-refractivity contribution is 5.95. The van der Waals surface area contributed by atoms with Crippen molar-refractivity contribution in [1.82, 2.24) is 0 Å². The van der Waals surface area contributed by atoms with E-state index in [0.29, 0.717) is 6.54 Å². The first kappa shape index (κ1) is 13.8. The maximum absolute atomic E-state index is 14.1. The molecular weight excluding hydrogens is 248 g/mol. The highest BCUT2D eigenvalue weighted by atomic mass is 19.1. The lowest BCUT2D eigenvalue weighted by atomic mass is 10.1. The van der Waals surface area contributed by atoms with Gasteiger partial charge in [-0.1, -0.05) is 12.8 Å². The largest absolute Gasteiger partial charge is 0.384 e. The van der Waals surface area contributed by atoms with Gasteiger partial charge in [0.05, 0.1) is 0 Å². The first-order chi connectivity index (χ1) is 9.04. The van der Waals surface area contributed by atoms with Crippen molar-refractivity contribution in [2.45, 2.75) is 38.6 Å². The van der Waals surface area contributed by atoms with E-state index in [1.54, 1.807) is 4.90 Å². The summed E-state index contributed by atoms with van der Waals surface area (Å²) >= 11 is 0. The van der Waals surface area contributed by atoms with E-state index >= 15 is 0 Å². The topological polar surface area (TPSA) is 53.1 Å². The highest BCUT2D eigenvalue weighted by Gasteiger charge is 2.26. The number of rotatable bonds is 4. The molecule has 0 unspecified atom stereocenters. The van der Waals surface area contributed by atoms with Crippen molar-refractivity contribution in [3.8, 4) is 0 Å². The van der Waals surface area contributed by atoms with Crippen LogP contribution in [0.25, 0.3) is 0 Å². The van der Waals surface area contributed by atoms with Gasteiger partial charge in [-0.3, -0.25) is 5.41 Å². The Morgan fingerprint density at radius 1 is 1.32 bits per heavy atom. The summed E-state index contributed by atoms with van der Waals surface area (Å²) in [6.07, 6.45) is 4.16. The zero-order valence-electron chi connectivity index (χ0n) is 11.0. The van der Waals surface area contributed by atoms with Gasteiger partial charge in [0.2, 0.25) is 0 Å². The summed E-state index contributed by atoms with van der Waals surface area (Å²) in [6.45, 7) is 2.47. The van der Waals surface area contributed by atoms with Gasteiger partial charge >= 0.3 is 0 Å². The molecule has 1 aromatic carbocycles. The van der Waals surface area contributed by atoms with Gasteiger partial charge in [-0.15, -0.1) is 0 Å². The summed E-state index contributed by atoms with van der Waals surface area (Å²) in [5, 5.41) is 7.25. The number of nitrogens with two attached hydrogens (primary N) is 1. The van der Waals surface area contributed by atoms with Gasteiger partial charge in [0, 0.05) is 18.2 Å². The molecule has 0 aromatic heterocycles. The van der Waals surface area contributed by atoms with E-state index in [9.17, 15) is 8.78 Å². The Bertz CT molecular complexity index is 459. The van der Waals surface area contributed by atoms with Gasteiger partial charge in [0.15, 0.2) is 0 Å². The predicted molar refractivity (Wildman–Crippen MR) is 72.7 cm³/mol. The monoisotopic (exact) mass is 267 g/mol. The molecule has 0 amide bonds. The fraction of sp³-hybridized carbons (Fsp3) is 0.500. The number of benzene rings is 1. The number of hydrogen-bond donors (Lipinski definition) is 2. The average Bonchev–Trinajstić information content (AvgIpc) is 2.86. The van der Waals surface area contributed by atoms with Crippen LogP contribution in [0.15, 0.2) is 12.1 Å². The van der Waals surface area contributed by atoms with Gasteiger partial charge in [0.1, 0.15) is 23.2 Å². The van der Waals surface area contributed by atoms with Gasteiger partial charge < -0.3 is 10.6 Å². The van der Waals surface area contributed by atoms with Crippen LogP contribution < -0.4 is 10.6 Å². The summed E-state index contributed by atoms with van der Waals surface area (Å²) in [6, 6.07) is 2.48. The van der Waals surface area contributed by atoms with Crippen molar-refractivity contribution >= 4 is 11.5 Å². The van der Waals surface area contributed by atoms with Crippen molar-refractivity contribution in [2.24, 2.45) is 5.73 Å². The molecule has 104 valence electrons. The van der Waals surface area contributed by atoms with Gasteiger partial charge in [-0.25, -0.2) is 8.78 Å². The summed E-state index contributed by atoms with van der Waals surface area (Å²) in [4.78, 5) is 1.79. The minimum atomic E-state index is -0.640. The van der Waals surface area contributed by atoms with Crippen LogP contribution in [0.5, 0.6) is 0 Å². The van der Waals surface area contributed by atoms with Crippen LogP contribution in [0, 0.1) is 17.0 Å². The number of amidine groups is 1. The van der Waals surface area contributed by atoms with Gasteiger partial charge in [0.25, 0.3) is 0 Å². The van der Waals surface area contributed by atoms with Crippen LogP contribution in [0.2, 0.25) is 0 Å². The van der Waals surface area contributed by atoms with Crippen LogP contribution in [0.1, 0.15) is 38.2 Å². The zero-order chi connectivity index (χ0) is 14.0. The maximum atomic E-state index is 14.1. The number of nitrogens with zero attached hydrogens (tertiary/aromatic N) is 1. The van der Waals surface area contributed by atoms with Crippen LogP contribution in [0.3, 0.4) is 0 Å². The van der Waals surface area contributed by atoms with Crippen LogP contribution in [-0.2, 0) is 0 Å². The zero-order valence-corrected chi connectivity index (χ0v) is 11.0. The minimum Gasteiger partial charge on any atom is -0.384 e. The number of anilines is 1. The fourth-order valence-electron chi connectivity index (χ4n) is 2.81. The minimum absolute atomic E-state index is 0.0133. The Morgan fingerprint density at radius 3 is 2.26 bits per heavy atom. The summed E-state index contributed by atoms with van der Waals surface area (Å²) < 4.78 is 28.3. The highest BCUT2D eigenvalue weighted by Crippen LogP contribution is 2.32. The van der Waals surface area contributed by atoms with Gasteiger partial charge in [-0.05, 0) is 31.9 Å². The molecule has 1 aliphatic rings. The number of halogens is 2. The first-order valence-electron chi connectivity index (χ1n) is 6.64. The molecule has 0 aliphatic heterocycles. The second kappa shape index (κ2) is 5.55. The molecule has 3 N–H and O–H groups in total. The lowest BCUT2D eigenvalue weighted by Gasteiger charge is -2.30. The van der Waals surface area contributed by atoms with Gasteiger partial charge in [-0.2, -0.15) is 0 Å². The Morgan fingerprint density at radius 2 is 1.84 bits per heavy atom. The van der Waals surface area contributed by atoms with Crippen molar-refractivity contribution in [1.29, 1.82) is 5.41 Å². The molecule has 0 atom stereocenters. The maximum Gasteiger partial charge on any atom is 0.150 e. The average molecular weight is 267 g/mol. The molecule has 1 aromatic rings. The van der Waals surface area contributed by atoms with Crippen molar-refractivity contribution in [3.63, 3.8) is 0 Å².